The highest BCUT2D eigenvalue weighted by Crippen LogP contribution is 2.45. The van der Waals surface area contributed by atoms with Gasteiger partial charge in [-0.1, -0.05) is 19.1 Å². The second kappa shape index (κ2) is 7.82. The van der Waals surface area contributed by atoms with Crippen LogP contribution in [-0.2, 0) is 0 Å². The topological polar surface area (TPSA) is 41.1 Å². The Balaban J connectivity index is 1.85. The zero-order valence-electron chi connectivity index (χ0n) is 11.1. The molecular formula is C14H20N2OS2. The number of hydrogen-bond donors (Lipinski definition) is 2. The van der Waals surface area contributed by atoms with Gasteiger partial charge in [0.1, 0.15) is 0 Å². The largest absolute Gasteiger partial charge is 0.351 e. The van der Waals surface area contributed by atoms with Gasteiger partial charge in [0, 0.05) is 30.2 Å². The van der Waals surface area contributed by atoms with Gasteiger partial charge in [-0.25, -0.2) is 0 Å². The molecule has 19 heavy (non-hydrogen) atoms. The van der Waals surface area contributed by atoms with Crippen molar-refractivity contribution in [3.05, 3.63) is 35.4 Å². The lowest BCUT2D eigenvalue weighted by atomic mass is 10.1. The number of likely N-dealkylation sites (N-methyl/N-ethyl adjacent to an activating group) is 1. The molecule has 2 N–H and O–H groups in total. The SMILES string of the molecule is CCNCCNC(=O)c1ccc(C2SCCS2)cc1. The van der Waals surface area contributed by atoms with E-state index in [0.29, 0.717) is 11.1 Å². The van der Waals surface area contributed by atoms with Crippen molar-refractivity contribution in [2.75, 3.05) is 31.1 Å². The predicted molar refractivity (Wildman–Crippen MR) is 85.0 cm³/mol. The van der Waals surface area contributed by atoms with E-state index in [1.165, 1.54) is 17.1 Å². The highest BCUT2D eigenvalue weighted by atomic mass is 32.2. The summed E-state index contributed by atoms with van der Waals surface area (Å²) in [6.45, 7) is 4.47. The van der Waals surface area contributed by atoms with Crippen molar-refractivity contribution < 1.29 is 4.79 Å². The quantitative estimate of drug-likeness (QED) is 0.792. The predicted octanol–water partition coefficient (Wildman–Crippen LogP) is 2.50. The van der Waals surface area contributed by atoms with Gasteiger partial charge in [0.15, 0.2) is 0 Å². The molecule has 104 valence electrons. The second-order valence-electron chi connectivity index (χ2n) is 4.30. The molecule has 0 bridgehead atoms. The average Bonchev–Trinajstić information content (AvgIpc) is 2.98. The van der Waals surface area contributed by atoms with Crippen LogP contribution in [0, 0.1) is 0 Å². The molecule has 0 spiro atoms. The molecule has 0 atom stereocenters. The summed E-state index contributed by atoms with van der Waals surface area (Å²) in [5.74, 6) is 2.46. The molecule has 1 fully saturated rings. The summed E-state index contributed by atoms with van der Waals surface area (Å²) >= 11 is 3.97. The number of hydrogen-bond acceptors (Lipinski definition) is 4. The first kappa shape index (κ1) is 14.8. The zero-order valence-corrected chi connectivity index (χ0v) is 12.8. The number of carbonyl (C=O) groups is 1. The van der Waals surface area contributed by atoms with E-state index in [2.05, 4.69) is 29.7 Å². The minimum Gasteiger partial charge on any atom is -0.351 e. The summed E-state index contributed by atoms with van der Waals surface area (Å²) in [4.78, 5) is 11.9. The Bertz CT molecular complexity index is 402. The molecule has 1 amide bonds. The molecule has 0 aromatic heterocycles. The van der Waals surface area contributed by atoms with E-state index in [9.17, 15) is 4.79 Å². The fourth-order valence-electron chi connectivity index (χ4n) is 1.89. The Kier molecular flexibility index (Phi) is 6.07. The first-order valence-corrected chi connectivity index (χ1v) is 8.73. The van der Waals surface area contributed by atoms with Crippen LogP contribution in [-0.4, -0.2) is 37.0 Å². The summed E-state index contributed by atoms with van der Waals surface area (Å²) < 4.78 is 0.547. The minimum atomic E-state index is 0.0104. The second-order valence-corrected chi connectivity index (χ2v) is 7.03. The molecule has 1 aromatic carbocycles. The van der Waals surface area contributed by atoms with Crippen LogP contribution in [0.15, 0.2) is 24.3 Å². The Morgan fingerprint density at radius 1 is 1.21 bits per heavy atom. The maximum absolute atomic E-state index is 11.9. The molecule has 5 heteroatoms. The Labute approximate surface area is 123 Å². The summed E-state index contributed by atoms with van der Waals surface area (Å²) in [5.41, 5.74) is 2.06. The lowest BCUT2D eigenvalue weighted by Crippen LogP contribution is -2.31. The number of nitrogens with one attached hydrogen (secondary N) is 2. The van der Waals surface area contributed by atoms with Gasteiger partial charge in [0.25, 0.3) is 5.91 Å². The van der Waals surface area contributed by atoms with Gasteiger partial charge in [0.05, 0.1) is 4.58 Å². The Hall–Kier alpha value is -0.650. The van der Waals surface area contributed by atoms with Crippen molar-refractivity contribution in [1.82, 2.24) is 10.6 Å². The van der Waals surface area contributed by atoms with Gasteiger partial charge >= 0.3 is 0 Å². The first-order chi connectivity index (χ1) is 9.31. The molecular weight excluding hydrogens is 276 g/mol. The first-order valence-electron chi connectivity index (χ1n) is 6.63. The van der Waals surface area contributed by atoms with Gasteiger partial charge < -0.3 is 10.6 Å². The standard InChI is InChI=1S/C14H20N2OS2/c1-2-15-7-8-16-13(17)11-3-5-12(6-4-11)14-18-9-10-19-14/h3-6,14-15H,2,7-10H2,1H3,(H,16,17). The fourth-order valence-corrected chi connectivity index (χ4v) is 4.75. The molecule has 1 saturated heterocycles. The summed E-state index contributed by atoms with van der Waals surface area (Å²) in [6.07, 6.45) is 0. The molecule has 3 nitrogen and oxygen atoms in total. The lowest BCUT2D eigenvalue weighted by Gasteiger charge is -2.09. The third-order valence-corrected chi connectivity index (χ3v) is 6.01. The van der Waals surface area contributed by atoms with Crippen LogP contribution in [0.3, 0.4) is 0 Å². The van der Waals surface area contributed by atoms with Crippen molar-refractivity contribution in [3.63, 3.8) is 0 Å². The van der Waals surface area contributed by atoms with Crippen LogP contribution in [0.4, 0.5) is 0 Å². The maximum atomic E-state index is 11.9. The van der Waals surface area contributed by atoms with E-state index in [-0.39, 0.29) is 5.91 Å². The third-order valence-electron chi connectivity index (χ3n) is 2.90. The van der Waals surface area contributed by atoms with Crippen molar-refractivity contribution >= 4 is 29.4 Å². The minimum absolute atomic E-state index is 0.0104. The molecule has 2 rings (SSSR count). The number of amides is 1. The van der Waals surface area contributed by atoms with E-state index >= 15 is 0 Å². The zero-order chi connectivity index (χ0) is 13.5. The van der Waals surface area contributed by atoms with Crippen LogP contribution in [0.2, 0.25) is 0 Å². The summed E-state index contributed by atoms with van der Waals surface area (Å²) in [6, 6.07) is 8.01. The van der Waals surface area contributed by atoms with Gasteiger partial charge in [-0.3, -0.25) is 4.79 Å². The summed E-state index contributed by atoms with van der Waals surface area (Å²) in [5, 5.41) is 6.09. The Morgan fingerprint density at radius 2 is 1.89 bits per heavy atom. The van der Waals surface area contributed by atoms with Gasteiger partial charge in [-0.2, -0.15) is 0 Å². The van der Waals surface area contributed by atoms with Crippen molar-refractivity contribution in [1.29, 1.82) is 0 Å². The van der Waals surface area contributed by atoms with E-state index in [1.54, 1.807) is 0 Å². The molecule has 0 aliphatic carbocycles. The maximum Gasteiger partial charge on any atom is 0.251 e. The van der Waals surface area contributed by atoms with Crippen LogP contribution < -0.4 is 10.6 Å². The number of rotatable bonds is 6. The molecule has 1 aliphatic heterocycles. The fraction of sp³-hybridized carbons (Fsp3) is 0.500. The Morgan fingerprint density at radius 3 is 2.53 bits per heavy atom. The van der Waals surface area contributed by atoms with Crippen molar-refractivity contribution in [3.8, 4) is 0 Å². The van der Waals surface area contributed by atoms with Gasteiger partial charge in [-0.15, -0.1) is 23.5 Å². The van der Waals surface area contributed by atoms with Crippen LogP contribution in [0.25, 0.3) is 0 Å². The van der Waals surface area contributed by atoms with Crippen LogP contribution in [0.1, 0.15) is 27.4 Å². The highest BCUT2D eigenvalue weighted by Gasteiger charge is 2.18. The van der Waals surface area contributed by atoms with Crippen molar-refractivity contribution in [2.24, 2.45) is 0 Å². The van der Waals surface area contributed by atoms with Crippen LogP contribution in [0.5, 0.6) is 0 Å². The molecule has 0 unspecified atom stereocenters. The number of benzene rings is 1. The van der Waals surface area contributed by atoms with Crippen LogP contribution >= 0.6 is 23.5 Å². The van der Waals surface area contributed by atoms with Gasteiger partial charge in [0.2, 0.25) is 0 Å². The smallest absolute Gasteiger partial charge is 0.251 e. The molecule has 1 aromatic rings. The third kappa shape index (κ3) is 4.44. The monoisotopic (exact) mass is 296 g/mol. The molecule has 0 saturated carbocycles. The summed E-state index contributed by atoms with van der Waals surface area (Å²) in [7, 11) is 0. The van der Waals surface area contributed by atoms with E-state index in [1.807, 2.05) is 35.7 Å². The number of thioether (sulfide) groups is 2. The highest BCUT2D eigenvalue weighted by molar-refractivity contribution is 8.19. The normalized spacial score (nSPS) is 15.6. The molecule has 1 aliphatic rings. The average molecular weight is 296 g/mol. The molecule has 1 heterocycles. The lowest BCUT2D eigenvalue weighted by molar-refractivity contribution is 0.0954. The van der Waals surface area contributed by atoms with E-state index in [0.717, 1.165) is 18.7 Å². The van der Waals surface area contributed by atoms with E-state index in [4.69, 9.17) is 0 Å². The number of carbonyl (C=O) groups excluding carboxylic acids is 1. The van der Waals surface area contributed by atoms with Crippen molar-refractivity contribution in [2.45, 2.75) is 11.5 Å². The molecule has 0 radical (unpaired) electrons. The van der Waals surface area contributed by atoms with E-state index < -0.39 is 0 Å². The van der Waals surface area contributed by atoms with Gasteiger partial charge in [-0.05, 0) is 24.2 Å².